The van der Waals surface area contributed by atoms with Crippen LogP contribution in [0.4, 0.5) is 0 Å². The second kappa shape index (κ2) is 4.98. The summed E-state index contributed by atoms with van der Waals surface area (Å²) in [5.74, 6) is 0.383. The van der Waals surface area contributed by atoms with E-state index in [-0.39, 0.29) is 10.8 Å². The Hall–Kier alpha value is -0.560. The van der Waals surface area contributed by atoms with Gasteiger partial charge >= 0.3 is 0 Å². The second-order valence-electron chi connectivity index (χ2n) is 5.35. The largest absolute Gasteiger partial charge is 0.265 e. The molecule has 0 bridgehead atoms. The van der Waals surface area contributed by atoms with Crippen molar-refractivity contribution in [3.63, 3.8) is 0 Å². The van der Waals surface area contributed by atoms with Gasteiger partial charge < -0.3 is 0 Å². The van der Waals surface area contributed by atoms with Crippen LogP contribution in [0.3, 0.4) is 0 Å². The van der Waals surface area contributed by atoms with E-state index in [2.05, 4.69) is 32.7 Å². The van der Waals surface area contributed by atoms with Gasteiger partial charge in [0.15, 0.2) is 0 Å². The van der Waals surface area contributed by atoms with Gasteiger partial charge in [0.2, 0.25) is 0 Å². The number of hydrogen-bond donors (Lipinski definition) is 0. The first kappa shape index (κ1) is 12.5. The molecule has 1 nitrogen and oxygen atoms in total. The quantitative estimate of drug-likeness (QED) is 0.702. The summed E-state index contributed by atoms with van der Waals surface area (Å²) in [5, 5.41) is 0.187. The van der Waals surface area contributed by atoms with Crippen molar-refractivity contribution in [1.29, 1.82) is 0 Å². The van der Waals surface area contributed by atoms with Gasteiger partial charge in [-0.25, -0.2) is 0 Å². The third kappa shape index (κ3) is 4.21. The molecule has 2 atom stereocenters. The lowest BCUT2D eigenvalue weighted by atomic mass is 9.85. The van der Waals surface area contributed by atoms with E-state index in [0.717, 1.165) is 6.42 Å². The summed E-state index contributed by atoms with van der Waals surface area (Å²) in [6.45, 7) is 8.85. The number of alkyl halides is 1. The van der Waals surface area contributed by atoms with Crippen LogP contribution in [0, 0.1) is 5.41 Å². The summed E-state index contributed by atoms with van der Waals surface area (Å²) >= 11 is 6.43. The van der Waals surface area contributed by atoms with Crippen LogP contribution >= 0.6 is 11.6 Å². The molecule has 0 spiro atoms. The van der Waals surface area contributed by atoms with E-state index in [0.29, 0.717) is 5.92 Å². The molecule has 1 rings (SSSR count). The van der Waals surface area contributed by atoms with Gasteiger partial charge in [-0.2, -0.15) is 0 Å². The molecule has 0 amide bonds. The molecule has 1 aromatic rings. The zero-order chi connectivity index (χ0) is 11.5. The molecule has 0 aliphatic heterocycles. The van der Waals surface area contributed by atoms with Crippen molar-refractivity contribution in [2.75, 3.05) is 0 Å². The fourth-order valence-electron chi connectivity index (χ4n) is 1.64. The third-order valence-corrected chi connectivity index (χ3v) is 3.11. The standard InChI is InChI=1S/C13H20ClN/c1-10(11-5-7-15-8-6-11)12(14)9-13(2,3)4/h5-8,10,12H,9H2,1-4H3. The van der Waals surface area contributed by atoms with E-state index in [4.69, 9.17) is 11.6 Å². The van der Waals surface area contributed by atoms with Crippen LogP contribution < -0.4 is 0 Å². The molecule has 84 valence electrons. The van der Waals surface area contributed by atoms with Gasteiger partial charge in [0, 0.05) is 17.8 Å². The first-order chi connectivity index (χ1) is 6.90. The highest BCUT2D eigenvalue weighted by atomic mass is 35.5. The van der Waals surface area contributed by atoms with E-state index in [1.165, 1.54) is 5.56 Å². The average Bonchev–Trinajstić information content (AvgIpc) is 2.15. The lowest BCUT2D eigenvalue weighted by Gasteiger charge is -2.26. The van der Waals surface area contributed by atoms with Crippen LogP contribution in [0.15, 0.2) is 24.5 Å². The summed E-state index contributed by atoms with van der Waals surface area (Å²) in [6.07, 6.45) is 4.68. The fourth-order valence-corrected chi connectivity index (χ4v) is 2.25. The molecule has 0 N–H and O–H groups in total. The lowest BCUT2D eigenvalue weighted by molar-refractivity contribution is 0.357. The Morgan fingerprint density at radius 2 is 1.80 bits per heavy atom. The van der Waals surface area contributed by atoms with Crippen LogP contribution in [0.25, 0.3) is 0 Å². The summed E-state index contributed by atoms with van der Waals surface area (Å²) < 4.78 is 0. The summed E-state index contributed by atoms with van der Waals surface area (Å²) in [4.78, 5) is 4.02. The molecule has 2 heteroatoms. The smallest absolute Gasteiger partial charge is 0.0406 e. The minimum atomic E-state index is 0.187. The summed E-state index contributed by atoms with van der Waals surface area (Å²) in [6, 6.07) is 4.09. The van der Waals surface area contributed by atoms with Crippen LogP contribution in [0.1, 0.15) is 45.6 Å². The first-order valence-corrected chi connectivity index (χ1v) is 5.88. The number of rotatable bonds is 3. The topological polar surface area (TPSA) is 12.9 Å². The summed E-state index contributed by atoms with van der Waals surface area (Å²) in [5.41, 5.74) is 1.56. The Bertz CT molecular complexity index is 289. The molecule has 1 heterocycles. The molecule has 0 radical (unpaired) electrons. The number of nitrogens with zero attached hydrogens (tertiary/aromatic N) is 1. The first-order valence-electron chi connectivity index (χ1n) is 5.44. The number of hydrogen-bond acceptors (Lipinski definition) is 1. The van der Waals surface area contributed by atoms with Crippen LogP contribution in [0.5, 0.6) is 0 Å². The number of halogens is 1. The van der Waals surface area contributed by atoms with E-state index >= 15 is 0 Å². The Labute approximate surface area is 97.9 Å². The van der Waals surface area contributed by atoms with E-state index in [1.54, 1.807) is 0 Å². The predicted octanol–water partition coefficient (Wildman–Crippen LogP) is 4.23. The molecule has 0 aliphatic rings. The average molecular weight is 226 g/mol. The number of pyridine rings is 1. The number of aromatic nitrogens is 1. The van der Waals surface area contributed by atoms with Gasteiger partial charge in [-0.3, -0.25) is 4.98 Å². The van der Waals surface area contributed by atoms with Crippen LogP contribution in [-0.2, 0) is 0 Å². The van der Waals surface area contributed by atoms with Gasteiger partial charge in [0.05, 0.1) is 0 Å². The van der Waals surface area contributed by atoms with Crippen molar-refractivity contribution in [2.24, 2.45) is 5.41 Å². The van der Waals surface area contributed by atoms with Gasteiger partial charge in [-0.15, -0.1) is 11.6 Å². The zero-order valence-corrected chi connectivity index (χ0v) is 10.8. The van der Waals surface area contributed by atoms with Crippen molar-refractivity contribution >= 4 is 11.6 Å². The summed E-state index contributed by atoms with van der Waals surface area (Å²) in [7, 11) is 0. The van der Waals surface area contributed by atoms with Gasteiger partial charge in [0.25, 0.3) is 0 Å². The minimum Gasteiger partial charge on any atom is -0.265 e. The van der Waals surface area contributed by atoms with Crippen molar-refractivity contribution in [3.05, 3.63) is 30.1 Å². The van der Waals surface area contributed by atoms with Gasteiger partial charge in [0.1, 0.15) is 0 Å². The molecular formula is C13H20ClN. The van der Waals surface area contributed by atoms with Crippen molar-refractivity contribution < 1.29 is 0 Å². The molecule has 0 aromatic carbocycles. The monoisotopic (exact) mass is 225 g/mol. The second-order valence-corrected chi connectivity index (χ2v) is 5.91. The van der Waals surface area contributed by atoms with Crippen LogP contribution in [-0.4, -0.2) is 10.4 Å². The Morgan fingerprint density at radius 3 is 2.27 bits per heavy atom. The molecule has 0 fully saturated rings. The predicted molar refractivity (Wildman–Crippen MR) is 66.4 cm³/mol. The Balaban J connectivity index is 2.65. The SMILES string of the molecule is CC(c1ccncc1)C(Cl)CC(C)(C)C. The molecule has 1 aromatic heterocycles. The molecule has 0 saturated heterocycles. The van der Waals surface area contributed by atoms with Gasteiger partial charge in [-0.05, 0) is 35.4 Å². The van der Waals surface area contributed by atoms with Crippen molar-refractivity contribution in [2.45, 2.75) is 45.4 Å². The molecular weight excluding hydrogens is 206 g/mol. The molecule has 0 aliphatic carbocycles. The maximum atomic E-state index is 6.43. The van der Waals surface area contributed by atoms with Gasteiger partial charge in [-0.1, -0.05) is 27.7 Å². The molecule has 15 heavy (non-hydrogen) atoms. The minimum absolute atomic E-state index is 0.187. The van der Waals surface area contributed by atoms with E-state index in [9.17, 15) is 0 Å². The maximum absolute atomic E-state index is 6.43. The van der Waals surface area contributed by atoms with Crippen LogP contribution in [0.2, 0.25) is 0 Å². The van der Waals surface area contributed by atoms with E-state index < -0.39 is 0 Å². The lowest BCUT2D eigenvalue weighted by Crippen LogP contribution is -2.18. The Morgan fingerprint density at radius 1 is 1.27 bits per heavy atom. The highest BCUT2D eigenvalue weighted by Crippen LogP contribution is 2.32. The zero-order valence-electron chi connectivity index (χ0n) is 10.00. The normalized spacial score (nSPS) is 16.1. The van der Waals surface area contributed by atoms with Crippen molar-refractivity contribution in [1.82, 2.24) is 4.98 Å². The molecule has 2 unspecified atom stereocenters. The highest BCUT2D eigenvalue weighted by Gasteiger charge is 2.22. The highest BCUT2D eigenvalue weighted by molar-refractivity contribution is 6.21. The maximum Gasteiger partial charge on any atom is 0.0406 e. The Kier molecular flexibility index (Phi) is 4.15. The fraction of sp³-hybridized carbons (Fsp3) is 0.615. The van der Waals surface area contributed by atoms with Crippen molar-refractivity contribution in [3.8, 4) is 0 Å². The van der Waals surface area contributed by atoms with E-state index in [1.807, 2.05) is 24.5 Å². The third-order valence-electron chi connectivity index (χ3n) is 2.58. The molecule has 0 saturated carbocycles.